The van der Waals surface area contributed by atoms with Crippen LogP contribution in [0.25, 0.3) is 0 Å². The number of allylic oxidation sites excluding steroid dienone is 2. The Bertz CT molecular complexity index is 96.7. The lowest BCUT2D eigenvalue weighted by Crippen LogP contribution is -1.50. The molecule has 0 bridgehead atoms. The molecule has 0 saturated heterocycles. The number of halogens is 1. The molecular weight excluding hydrogens is 108 g/mol. The molecule has 0 nitrogen and oxygen atoms in total. The summed E-state index contributed by atoms with van der Waals surface area (Å²) in [5.41, 5.74) is 2.78. The van der Waals surface area contributed by atoms with Gasteiger partial charge in [-0.2, -0.15) is 0 Å². The van der Waals surface area contributed by atoms with Gasteiger partial charge in [0.15, 0.2) is 0 Å². The molecule has 0 aromatic heterocycles. The molecule has 0 saturated carbocycles. The second-order valence-corrected chi connectivity index (χ2v) is 1.24. The van der Waals surface area contributed by atoms with Crippen molar-refractivity contribution in [3.05, 3.63) is 30.5 Å². The zero-order chi connectivity index (χ0) is 5.54. The van der Waals surface area contributed by atoms with E-state index in [0.29, 0.717) is 5.88 Å². The van der Waals surface area contributed by atoms with Crippen molar-refractivity contribution < 1.29 is 0 Å². The molecule has 0 aliphatic rings. The summed E-state index contributed by atoms with van der Waals surface area (Å²) >= 11 is 5.26. The largest absolute Gasteiger partial charge is 0.124 e. The highest BCUT2D eigenvalue weighted by atomic mass is 35.5. The summed E-state index contributed by atoms with van der Waals surface area (Å²) in [6.45, 7) is 3.45. The molecule has 1 heteroatoms. The molecule has 0 N–H and O–H groups in total. The lowest BCUT2D eigenvalue weighted by atomic mass is 10.5. The van der Waals surface area contributed by atoms with Crippen LogP contribution in [0.4, 0.5) is 0 Å². The number of alkyl halides is 1. The fourth-order valence-electron chi connectivity index (χ4n) is 0.181. The van der Waals surface area contributed by atoms with Crippen LogP contribution in [-0.4, -0.2) is 5.88 Å². The monoisotopic (exact) mass is 114 g/mol. The molecule has 0 radical (unpaired) electrons. The predicted molar refractivity (Wildman–Crippen MR) is 33.6 cm³/mol. The molecular formula is C6H7Cl. The van der Waals surface area contributed by atoms with Gasteiger partial charge in [0.25, 0.3) is 0 Å². The molecule has 0 amide bonds. The third-order valence-corrected chi connectivity index (χ3v) is 0.563. The Hall–Kier alpha value is -0.450. The summed E-state index contributed by atoms with van der Waals surface area (Å²) in [4.78, 5) is 0. The normalized spacial score (nSPS) is 6.43. The standard InChI is InChI=1S/C6H7Cl/c1-2-3-4-5-6-7/h2-3,5H,1,6H2. The molecule has 0 aliphatic carbocycles. The summed E-state index contributed by atoms with van der Waals surface area (Å²) in [6, 6.07) is 0. The van der Waals surface area contributed by atoms with E-state index in [4.69, 9.17) is 11.6 Å². The molecule has 0 aromatic rings. The molecule has 0 spiro atoms. The Morgan fingerprint density at radius 2 is 2.43 bits per heavy atom. The Kier molecular flexibility index (Phi) is 5.19. The Balaban J connectivity index is 3.40. The minimum Gasteiger partial charge on any atom is -0.124 e. The van der Waals surface area contributed by atoms with Crippen molar-refractivity contribution in [3.63, 3.8) is 0 Å². The van der Waals surface area contributed by atoms with Crippen LogP contribution in [0.5, 0.6) is 0 Å². The van der Waals surface area contributed by atoms with Gasteiger partial charge < -0.3 is 0 Å². The number of hydrogen-bond acceptors (Lipinski definition) is 0. The average molecular weight is 115 g/mol. The van der Waals surface area contributed by atoms with Crippen LogP contribution in [0, 0.1) is 0 Å². The van der Waals surface area contributed by atoms with Gasteiger partial charge in [-0.25, -0.2) is 0 Å². The van der Waals surface area contributed by atoms with Crippen molar-refractivity contribution in [2.24, 2.45) is 0 Å². The third kappa shape index (κ3) is 5.55. The predicted octanol–water partition coefficient (Wildman–Crippen LogP) is 2.12. The summed E-state index contributed by atoms with van der Waals surface area (Å²) in [5.74, 6) is 0.518. The molecule has 0 aliphatic heterocycles. The lowest BCUT2D eigenvalue weighted by molar-refractivity contribution is 1.77. The first-order chi connectivity index (χ1) is 3.41. The van der Waals surface area contributed by atoms with Gasteiger partial charge >= 0.3 is 0 Å². The zero-order valence-corrected chi connectivity index (χ0v) is 4.78. The van der Waals surface area contributed by atoms with Crippen molar-refractivity contribution in [2.75, 3.05) is 5.88 Å². The van der Waals surface area contributed by atoms with Crippen molar-refractivity contribution in [1.29, 1.82) is 0 Å². The maximum atomic E-state index is 5.26. The molecule has 7 heavy (non-hydrogen) atoms. The average Bonchev–Trinajstić information content (AvgIpc) is 1.69. The SMILES string of the molecule is C=CC=C=CCCl. The highest BCUT2D eigenvalue weighted by Gasteiger charge is 1.55. The summed E-state index contributed by atoms with van der Waals surface area (Å²) in [6.07, 6.45) is 5.09. The number of rotatable bonds is 2. The van der Waals surface area contributed by atoms with Crippen molar-refractivity contribution in [3.8, 4) is 0 Å². The molecule has 0 unspecified atom stereocenters. The zero-order valence-electron chi connectivity index (χ0n) is 4.02. The van der Waals surface area contributed by atoms with Gasteiger partial charge in [0, 0.05) is 5.88 Å². The second-order valence-electron chi connectivity index (χ2n) is 0.927. The number of hydrogen-bond donors (Lipinski definition) is 0. The highest BCUT2D eigenvalue weighted by molar-refractivity contribution is 6.18. The van der Waals surface area contributed by atoms with Crippen LogP contribution in [0.15, 0.2) is 30.5 Å². The first-order valence-electron chi connectivity index (χ1n) is 1.99. The van der Waals surface area contributed by atoms with Gasteiger partial charge in [-0.1, -0.05) is 12.7 Å². The van der Waals surface area contributed by atoms with Crippen LogP contribution >= 0.6 is 11.6 Å². The first kappa shape index (κ1) is 6.55. The van der Waals surface area contributed by atoms with Gasteiger partial charge in [0.05, 0.1) is 0 Å². The van der Waals surface area contributed by atoms with Crippen molar-refractivity contribution in [1.82, 2.24) is 0 Å². The summed E-state index contributed by atoms with van der Waals surface area (Å²) in [7, 11) is 0. The van der Waals surface area contributed by atoms with E-state index in [1.807, 2.05) is 0 Å². The van der Waals surface area contributed by atoms with Gasteiger partial charge in [-0.3, -0.25) is 0 Å². The Morgan fingerprint density at radius 3 is 2.86 bits per heavy atom. The molecule has 0 aromatic carbocycles. The molecule has 0 rings (SSSR count). The van der Waals surface area contributed by atoms with Crippen LogP contribution in [0.1, 0.15) is 0 Å². The van der Waals surface area contributed by atoms with E-state index in [0.717, 1.165) is 0 Å². The van der Waals surface area contributed by atoms with Gasteiger partial charge in [-0.15, -0.1) is 17.3 Å². The van der Waals surface area contributed by atoms with E-state index >= 15 is 0 Å². The third-order valence-electron chi connectivity index (χ3n) is 0.409. The minimum atomic E-state index is 0.518. The lowest BCUT2D eigenvalue weighted by Gasteiger charge is -1.62. The van der Waals surface area contributed by atoms with Crippen LogP contribution in [0.3, 0.4) is 0 Å². The van der Waals surface area contributed by atoms with Crippen LogP contribution in [-0.2, 0) is 0 Å². The quantitative estimate of drug-likeness (QED) is 0.293. The van der Waals surface area contributed by atoms with E-state index in [2.05, 4.69) is 12.3 Å². The highest BCUT2D eigenvalue weighted by Crippen LogP contribution is 1.73. The fraction of sp³-hybridized carbons (Fsp3) is 0.167. The maximum Gasteiger partial charge on any atom is 0.0478 e. The van der Waals surface area contributed by atoms with Gasteiger partial charge in [0.1, 0.15) is 0 Å². The molecule has 0 fully saturated rings. The molecule has 0 atom stereocenters. The Morgan fingerprint density at radius 1 is 1.71 bits per heavy atom. The molecule has 38 valence electrons. The van der Waals surface area contributed by atoms with E-state index < -0.39 is 0 Å². The molecule has 0 heterocycles. The Labute approximate surface area is 48.8 Å². The summed E-state index contributed by atoms with van der Waals surface area (Å²) in [5, 5.41) is 0. The van der Waals surface area contributed by atoms with E-state index in [1.54, 1.807) is 18.2 Å². The smallest absolute Gasteiger partial charge is 0.0478 e. The second kappa shape index (κ2) is 5.55. The van der Waals surface area contributed by atoms with Crippen LogP contribution < -0.4 is 0 Å². The fourth-order valence-corrected chi connectivity index (χ4v) is 0.270. The van der Waals surface area contributed by atoms with E-state index in [-0.39, 0.29) is 0 Å². The summed E-state index contributed by atoms with van der Waals surface area (Å²) < 4.78 is 0. The van der Waals surface area contributed by atoms with Crippen LogP contribution in [0.2, 0.25) is 0 Å². The maximum absolute atomic E-state index is 5.26. The van der Waals surface area contributed by atoms with E-state index in [9.17, 15) is 0 Å². The van der Waals surface area contributed by atoms with Gasteiger partial charge in [0.2, 0.25) is 0 Å². The first-order valence-corrected chi connectivity index (χ1v) is 2.53. The minimum absolute atomic E-state index is 0.518. The van der Waals surface area contributed by atoms with Crippen molar-refractivity contribution in [2.45, 2.75) is 0 Å². The van der Waals surface area contributed by atoms with E-state index in [1.165, 1.54) is 0 Å². The van der Waals surface area contributed by atoms with Gasteiger partial charge in [-0.05, 0) is 12.2 Å². The topological polar surface area (TPSA) is 0 Å². The van der Waals surface area contributed by atoms with Crippen molar-refractivity contribution >= 4 is 11.6 Å².